The van der Waals surface area contributed by atoms with Crippen molar-refractivity contribution in [3.8, 4) is 0 Å². The maximum Gasteiger partial charge on any atom is 0.244 e. The van der Waals surface area contributed by atoms with Crippen molar-refractivity contribution >= 4 is 21.4 Å². The predicted octanol–water partition coefficient (Wildman–Crippen LogP) is 1.66. The van der Waals surface area contributed by atoms with E-state index in [1.165, 1.54) is 15.6 Å². The van der Waals surface area contributed by atoms with Gasteiger partial charge in [0.2, 0.25) is 10.0 Å². The highest BCUT2D eigenvalue weighted by Gasteiger charge is 2.32. The Hall–Kier alpha value is -0.430. The maximum atomic E-state index is 12.4. The van der Waals surface area contributed by atoms with Gasteiger partial charge in [-0.25, -0.2) is 8.42 Å². The van der Waals surface area contributed by atoms with Crippen molar-refractivity contribution in [3.05, 3.63) is 16.3 Å². The van der Waals surface area contributed by atoms with E-state index in [4.69, 9.17) is 5.11 Å². The van der Waals surface area contributed by atoms with Crippen LogP contribution < -0.4 is 0 Å². The molecule has 0 spiro atoms. The number of aliphatic hydroxyl groups is 1. The Labute approximate surface area is 106 Å². The molecule has 1 N–H and O–H groups in total. The van der Waals surface area contributed by atoms with Gasteiger partial charge in [0, 0.05) is 18.0 Å². The fourth-order valence-corrected chi connectivity index (χ4v) is 4.59. The zero-order valence-electron chi connectivity index (χ0n) is 9.80. The highest BCUT2D eigenvalue weighted by atomic mass is 32.2. The molecule has 96 valence electrons. The summed E-state index contributed by atoms with van der Waals surface area (Å²) < 4.78 is 26.3. The quantitative estimate of drug-likeness (QED) is 0.859. The Bertz CT molecular complexity index is 477. The molecule has 17 heavy (non-hydrogen) atoms. The number of hydrogen-bond acceptors (Lipinski definition) is 4. The molecule has 0 amide bonds. The molecule has 6 heteroatoms. The lowest BCUT2D eigenvalue weighted by atomic mass is 10.4. The van der Waals surface area contributed by atoms with Gasteiger partial charge in [0.25, 0.3) is 0 Å². The second kappa shape index (κ2) is 5.06. The van der Waals surface area contributed by atoms with E-state index in [0.717, 1.165) is 12.8 Å². The molecule has 4 nitrogen and oxygen atoms in total. The topological polar surface area (TPSA) is 57.6 Å². The third-order valence-electron chi connectivity index (χ3n) is 2.98. The number of thiophene rings is 1. The Kier molecular flexibility index (Phi) is 3.87. The number of sulfonamides is 1. The average Bonchev–Trinajstić information content (AvgIpc) is 2.99. The zero-order valence-corrected chi connectivity index (χ0v) is 11.4. The summed E-state index contributed by atoms with van der Waals surface area (Å²) in [4.78, 5) is 0.798. The van der Waals surface area contributed by atoms with Crippen molar-refractivity contribution < 1.29 is 13.5 Å². The van der Waals surface area contributed by atoms with Crippen LogP contribution in [0.3, 0.4) is 0 Å². The molecule has 0 saturated heterocycles. The SMILES string of the molecule is CCN(CC1CC1)S(=O)(=O)c1ccsc1CO. The molecule has 0 unspecified atom stereocenters. The summed E-state index contributed by atoms with van der Waals surface area (Å²) in [6, 6.07) is 1.58. The lowest BCUT2D eigenvalue weighted by Gasteiger charge is -2.20. The third kappa shape index (κ3) is 2.70. The van der Waals surface area contributed by atoms with Crippen LogP contribution in [0.4, 0.5) is 0 Å². The number of rotatable bonds is 6. The first-order valence-electron chi connectivity index (χ1n) is 5.77. The molecule has 1 aliphatic carbocycles. The smallest absolute Gasteiger partial charge is 0.244 e. The molecule has 0 aromatic carbocycles. The van der Waals surface area contributed by atoms with Crippen LogP contribution in [-0.2, 0) is 16.6 Å². The lowest BCUT2D eigenvalue weighted by Crippen LogP contribution is -2.33. The average molecular weight is 275 g/mol. The van der Waals surface area contributed by atoms with Crippen molar-refractivity contribution in [2.45, 2.75) is 31.3 Å². The van der Waals surface area contributed by atoms with Crippen LogP contribution in [-0.4, -0.2) is 30.9 Å². The summed E-state index contributed by atoms with van der Waals surface area (Å²) in [7, 11) is -3.42. The van der Waals surface area contributed by atoms with Crippen LogP contribution in [0.2, 0.25) is 0 Å². The fourth-order valence-electron chi connectivity index (χ4n) is 1.80. The molecular weight excluding hydrogens is 258 g/mol. The maximum absolute atomic E-state index is 12.4. The second-order valence-electron chi connectivity index (χ2n) is 4.27. The standard InChI is InChI=1S/C11H17NO3S2/c1-2-12(7-9-3-4-9)17(14,15)11-5-6-16-10(11)8-13/h5-6,9,13H,2-4,7-8H2,1H3. The van der Waals surface area contributed by atoms with Gasteiger partial charge in [0.15, 0.2) is 0 Å². The van der Waals surface area contributed by atoms with Crippen molar-refractivity contribution in [2.75, 3.05) is 13.1 Å². The molecule has 1 fully saturated rings. The van der Waals surface area contributed by atoms with E-state index in [1.54, 1.807) is 11.4 Å². The van der Waals surface area contributed by atoms with Gasteiger partial charge in [0.05, 0.1) is 11.5 Å². The minimum atomic E-state index is -3.42. The molecule has 0 radical (unpaired) electrons. The van der Waals surface area contributed by atoms with Crippen molar-refractivity contribution in [1.82, 2.24) is 4.31 Å². The van der Waals surface area contributed by atoms with Gasteiger partial charge in [-0.15, -0.1) is 11.3 Å². The van der Waals surface area contributed by atoms with Crippen molar-refractivity contribution in [2.24, 2.45) is 5.92 Å². The van der Waals surface area contributed by atoms with Gasteiger partial charge in [-0.05, 0) is 30.2 Å². The Morgan fingerprint density at radius 1 is 1.53 bits per heavy atom. The van der Waals surface area contributed by atoms with Crippen LogP contribution in [0.5, 0.6) is 0 Å². The van der Waals surface area contributed by atoms with E-state index in [9.17, 15) is 8.42 Å². The highest BCUT2D eigenvalue weighted by molar-refractivity contribution is 7.89. The fraction of sp³-hybridized carbons (Fsp3) is 0.636. The molecule has 1 saturated carbocycles. The summed E-state index contributed by atoms with van der Waals surface area (Å²) in [6.07, 6.45) is 2.25. The zero-order chi connectivity index (χ0) is 12.5. The third-order valence-corrected chi connectivity index (χ3v) is 6.04. The summed E-state index contributed by atoms with van der Waals surface area (Å²) in [6.45, 7) is 2.73. The van der Waals surface area contributed by atoms with Crippen LogP contribution >= 0.6 is 11.3 Å². The summed E-state index contributed by atoms with van der Waals surface area (Å²) in [5.41, 5.74) is 0. The summed E-state index contributed by atoms with van der Waals surface area (Å²) in [5, 5.41) is 10.9. The van der Waals surface area contributed by atoms with Gasteiger partial charge in [-0.3, -0.25) is 0 Å². The first-order valence-corrected chi connectivity index (χ1v) is 8.09. The monoisotopic (exact) mass is 275 g/mol. The van der Waals surface area contributed by atoms with Crippen molar-refractivity contribution in [1.29, 1.82) is 0 Å². The highest BCUT2D eigenvalue weighted by Crippen LogP contribution is 2.32. The summed E-state index contributed by atoms with van der Waals surface area (Å²) in [5.74, 6) is 0.529. The van der Waals surface area contributed by atoms with E-state index >= 15 is 0 Å². The predicted molar refractivity (Wildman–Crippen MR) is 67.4 cm³/mol. The summed E-state index contributed by atoms with van der Waals surface area (Å²) >= 11 is 1.28. The van der Waals surface area contributed by atoms with E-state index in [-0.39, 0.29) is 11.5 Å². The molecule has 1 aromatic rings. The minimum absolute atomic E-state index is 0.215. The van der Waals surface area contributed by atoms with Crippen LogP contribution in [0, 0.1) is 5.92 Å². The molecule has 1 heterocycles. The Morgan fingerprint density at radius 3 is 2.76 bits per heavy atom. The second-order valence-corrected chi connectivity index (χ2v) is 7.17. The molecule has 2 rings (SSSR count). The van der Waals surface area contributed by atoms with Crippen LogP contribution in [0.1, 0.15) is 24.6 Å². The van der Waals surface area contributed by atoms with Gasteiger partial charge < -0.3 is 5.11 Å². The number of nitrogens with zero attached hydrogens (tertiary/aromatic N) is 1. The van der Waals surface area contributed by atoms with E-state index in [0.29, 0.717) is 23.9 Å². The molecule has 1 aromatic heterocycles. The van der Waals surface area contributed by atoms with Crippen molar-refractivity contribution in [3.63, 3.8) is 0 Å². The van der Waals surface area contributed by atoms with E-state index in [2.05, 4.69) is 0 Å². The van der Waals surface area contributed by atoms with Gasteiger partial charge in [-0.1, -0.05) is 6.92 Å². The Morgan fingerprint density at radius 2 is 2.24 bits per heavy atom. The first-order chi connectivity index (χ1) is 8.09. The number of hydrogen-bond donors (Lipinski definition) is 1. The van der Waals surface area contributed by atoms with Gasteiger partial charge in [0.1, 0.15) is 0 Å². The Balaban J connectivity index is 2.26. The minimum Gasteiger partial charge on any atom is -0.391 e. The van der Waals surface area contributed by atoms with Gasteiger partial charge in [-0.2, -0.15) is 4.31 Å². The van der Waals surface area contributed by atoms with Crippen LogP contribution in [0.15, 0.2) is 16.3 Å². The molecule has 0 aliphatic heterocycles. The largest absolute Gasteiger partial charge is 0.391 e. The number of aliphatic hydroxyl groups excluding tert-OH is 1. The normalized spacial score (nSPS) is 16.6. The molecular formula is C11H17NO3S2. The van der Waals surface area contributed by atoms with Crippen LogP contribution in [0.25, 0.3) is 0 Å². The van der Waals surface area contributed by atoms with Gasteiger partial charge >= 0.3 is 0 Å². The first kappa shape index (κ1) is 13.0. The van der Waals surface area contributed by atoms with E-state index < -0.39 is 10.0 Å². The lowest BCUT2D eigenvalue weighted by molar-refractivity contribution is 0.282. The molecule has 1 aliphatic rings. The van der Waals surface area contributed by atoms with E-state index in [1.807, 2.05) is 6.92 Å². The molecule has 0 bridgehead atoms. The molecule has 0 atom stereocenters.